The topological polar surface area (TPSA) is 181 Å². The second-order valence-corrected chi connectivity index (χ2v) is 15.3. The number of carbonyl (C=O) groups excluding carboxylic acids is 5. The number of esters is 1. The van der Waals surface area contributed by atoms with E-state index in [1.54, 1.807) is 70.7 Å². The van der Waals surface area contributed by atoms with Crippen LogP contribution < -0.4 is 25.0 Å². The number of fused-ring (bicyclic) bond motifs is 2. The Balaban J connectivity index is 0.985. The molecule has 4 amide bonds. The maximum absolute atomic E-state index is 14.1. The third-order valence-corrected chi connectivity index (χ3v) is 11.1. The number of nitrogens with zero attached hydrogens (tertiary/aromatic N) is 4. The van der Waals surface area contributed by atoms with Gasteiger partial charge in [0.1, 0.15) is 18.0 Å². The fourth-order valence-corrected chi connectivity index (χ4v) is 7.99. The summed E-state index contributed by atoms with van der Waals surface area (Å²) in [6.07, 6.45) is 7.02. The maximum atomic E-state index is 14.1. The molecule has 3 aliphatic rings. The van der Waals surface area contributed by atoms with Gasteiger partial charge in [0, 0.05) is 63.4 Å². The first-order valence-corrected chi connectivity index (χ1v) is 20.6. The molecule has 3 atom stereocenters. The van der Waals surface area contributed by atoms with Crippen molar-refractivity contribution < 1.29 is 52.4 Å². The van der Waals surface area contributed by atoms with Gasteiger partial charge in [0.25, 0.3) is 11.8 Å². The summed E-state index contributed by atoms with van der Waals surface area (Å²) in [5, 5.41) is 5.73. The normalized spacial score (nSPS) is 18.3. The number of amides is 4. The van der Waals surface area contributed by atoms with Gasteiger partial charge in [-0.15, -0.1) is 0 Å². The molecule has 0 saturated carbocycles. The van der Waals surface area contributed by atoms with E-state index >= 15 is 0 Å². The smallest absolute Gasteiger partial charge is 0.416 e. The number of aromatic nitrogens is 2. The Labute approximate surface area is 359 Å². The first-order valence-electron chi connectivity index (χ1n) is 20.6. The standard InChI is InChI=1S/C45H52N6O11/c1-6-19-61-45(56)51-34-25-38(37(57-4)24-32(34)42(54)50-18-9-11-33(50)43(51)62-40-13-7-8-20-60-40)59-21-10-12-39(52)46-31-23-35(49(3)27-31)41(53)47-30-16-14-28(15-17-30)29-22-36(44(55)58-5)48(2)26-29/h6,14-17,22-27,33,40,43H,1,7-13,18-21H2,2-5H3,(H,46,52)(H,47,53). The van der Waals surface area contributed by atoms with Gasteiger partial charge in [-0.25, -0.2) is 14.5 Å². The summed E-state index contributed by atoms with van der Waals surface area (Å²) in [4.78, 5) is 69.4. The van der Waals surface area contributed by atoms with Gasteiger partial charge in [-0.05, 0) is 74.4 Å². The van der Waals surface area contributed by atoms with Crippen LogP contribution in [0, 0.1) is 0 Å². The zero-order chi connectivity index (χ0) is 43.9. The fraction of sp³-hybridized carbons (Fsp3) is 0.400. The van der Waals surface area contributed by atoms with E-state index in [-0.39, 0.29) is 60.1 Å². The highest BCUT2D eigenvalue weighted by molar-refractivity contribution is 6.06. The second kappa shape index (κ2) is 19.4. The second-order valence-electron chi connectivity index (χ2n) is 15.3. The first kappa shape index (κ1) is 43.5. The maximum Gasteiger partial charge on any atom is 0.416 e. The fourth-order valence-electron chi connectivity index (χ4n) is 7.99. The van der Waals surface area contributed by atoms with Gasteiger partial charge in [0.15, 0.2) is 24.0 Å². The minimum atomic E-state index is -0.894. The van der Waals surface area contributed by atoms with Gasteiger partial charge in [0.05, 0.1) is 43.8 Å². The number of benzene rings is 2. The van der Waals surface area contributed by atoms with E-state index in [1.807, 2.05) is 18.3 Å². The van der Waals surface area contributed by atoms with Crippen molar-refractivity contribution in [1.82, 2.24) is 14.0 Å². The van der Waals surface area contributed by atoms with Crippen LogP contribution >= 0.6 is 0 Å². The number of hydrogen-bond donors (Lipinski definition) is 2. The molecule has 328 valence electrons. The minimum absolute atomic E-state index is 0.0497. The quantitative estimate of drug-likeness (QED) is 0.0758. The van der Waals surface area contributed by atoms with Crippen LogP contribution in [0.3, 0.4) is 0 Å². The van der Waals surface area contributed by atoms with Crippen molar-refractivity contribution in [2.45, 2.75) is 63.5 Å². The molecule has 0 radical (unpaired) electrons. The molecule has 4 aromatic rings. The van der Waals surface area contributed by atoms with Crippen molar-refractivity contribution in [3.8, 4) is 22.6 Å². The Bertz CT molecular complexity index is 2310. The Kier molecular flexibility index (Phi) is 13.6. The molecule has 62 heavy (non-hydrogen) atoms. The molecule has 17 nitrogen and oxygen atoms in total. The van der Waals surface area contributed by atoms with Crippen molar-refractivity contribution in [3.05, 3.63) is 90.5 Å². The number of anilines is 3. The van der Waals surface area contributed by atoms with Gasteiger partial charge in [0.2, 0.25) is 5.91 Å². The third-order valence-electron chi connectivity index (χ3n) is 11.1. The van der Waals surface area contributed by atoms with Crippen LogP contribution in [0.4, 0.5) is 21.9 Å². The lowest BCUT2D eigenvalue weighted by molar-refractivity contribution is -0.195. The Hall–Kier alpha value is -6.59. The van der Waals surface area contributed by atoms with Gasteiger partial charge in [-0.3, -0.25) is 14.4 Å². The van der Waals surface area contributed by atoms with Gasteiger partial charge in [-0.1, -0.05) is 24.8 Å². The predicted molar refractivity (Wildman–Crippen MR) is 228 cm³/mol. The van der Waals surface area contributed by atoms with Crippen LogP contribution in [0.2, 0.25) is 0 Å². The van der Waals surface area contributed by atoms with Crippen molar-refractivity contribution >= 4 is 46.8 Å². The SMILES string of the molecule is C=CCOC(=O)N1c2cc(OCCCC(=O)Nc3cc(C(=O)Nc4ccc(-c5cc(C(=O)OC)n(C)c5)cc4)n(C)c3)c(OC)cc2C(=O)N2CCCC2C1OC1CCCCO1. The van der Waals surface area contributed by atoms with E-state index in [4.69, 9.17) is 28.4 Å². The highest BCUT2D eigenvalue weighted by Crippen LogP contribution is 2.43. The lowest BCUT2D eigenvalue weighted by Crippen LogP contribution is -2.54. The molecule has 2 aromatic heterocycles. The van der Waals surface area contributed by atoms with Gasteiger partial charge in [-0.2, -0.15) is 0 Å². The van der Waals surface area contributed by atoms with E-state index in [9.17, 15) is 24.0 Å². The zero-order valence-electron chi connectivity index (χ0n) is 35.3. The number of rotatable bonds is 15. The largest absolute Gasteiger partial charge is 0.493 e. The molecule has 3 unspecified atom stereocenters. The minimum Gasteiger partial charge on any atom is -0.493 e. The van der Waals surface area contributed by atoms with E-state index in [1.165, 1.54) is 25.2 Å². The highest BCUT2D eigenvalue weighted by atomic mass is 16.7. The lowest BCUT2D eigenvalue weighted by Gasteiger charge is -2.38. The third kappa shape index (κ3) is 9.48. The molecule has 2 fully saturated rings. The van der Waals surface area contributed by atoms with Crippen molar-refractivity contribution in [3.63, 3.8) is 0 Å². The summed E-state index contributed by atoms with van der Waals surface area (Å²) in [5.74, 6) is -0.818. The number of nitrogens with one attached hydrogen (secondary N) is 2. The molecular formula is C45H52N6O11. The lowest BCUT2D eigenvalue weighted by atomic mass is 10.1. The summed E-state index contributed by atoms with van der Waals surface area (Å²) in [6.45, 7) is 4.76. The Morgan fingerprint density at radius 1 is 0.887 bits per heavy atom. The molecule has 2 N–H and O–H groups in total. The number of ether oxygens (including phenoxy) is 6. The number of hydrogen-bond acceptors (Lipinski definition) is 11. The van der Waals surface area contributed by atoms with Crippen molar-refractivity contribution in [2.75, 3.05) is 56.1 Å². The van der Waals surface area contributed by atoms with Crippen LogP contribution in [0.25, 0.3) is 11.1 Å². The molecule has 0 aliphatic carbocycles. The van der Waals surface area contributed by atoms with E-state index in [0.717, 1.165) is 30.4 Å². The molecular weight excluding hydrogens is 801 g/mol. The van der Waals surface area contributed by atoms with Gasteiger partial charge < -0.3 is 53.1 Å². The first-order chi connectivity index (χ1) is 30.0. The number of carbonyl (C=O) groups is 5. The van der Waals surface area contributed by atoms with Crippen LogP contribution in [-0.2, 0) is 37.8 Å². The summed E-state index contributed by atoms with van der Waals surface area (Å²) in [5.41, 5.74) is 3.92. The summed E-state index contributed by atoms with van der Waals surface area (Å²) in [7, 11) is 6.27. The molecule has 5 heterocycles. The van der Waals surface area contributed by atoms with Gasteiger partial charge >= 0.3 is 12.1 Å². The Morgan fingerprint density at radius 3 is 2.40 bits per heavy atom. The molecule has 17 heteroatoms. The summed E-state index contributed by atoms with van der Waals surface area (Å²) in [6, 6.07) is 13.3. The molecule has 3 aliphatic heterocycles. The van der Waals surface area contributed by atoms with Crippen LogP contribution in [0.5, 0.6) is 11.5 Å². The van der Waals surface area contributed by atoms with E-state index in [0.29, 0.717) is 55.2 Å². The summed E-state index contributed by atoms with van der Waals surface area (Å²) < 4.78 is 38.0. The average Bonchev–Trinajstić information content (AvgIpc) is 4.01. The number of methoxy groups -OCH3 is 2. The average molecular weight is 853 g/mol. The zero-order valence-corrected chi connectivity index (χ0v) is 35.3. The highest BCUT2D eigenvalue weighted by Gasteiger charge is 2.48. The van der Waals surface area contributed by atoms with E-state index < -0.39 is 30.6 Å². The van der Waals surface area contributed by atoms with E-state index in [2.05, 4.69) is 17.2 Å². The molecule has 7 rings (SSSR count). The van der Waals surface area contributed by atoms with Crippen molar-refractivity contribution in [1.29, 1.82) is 0 Å². The molecule has 0 bridgehead atoms. The number of aryl methyl sites for hydroxylation is 2. The van der Waals surface area contributed by atoms with Crippen molar-refractivity contribution in [2.24, 2.45) is 14.1 Å². The Morgan fingerprint density at radius 2 is 1.68 bits per heavy atom. The molecule has 0 spiro atoms. The van der Waals surface area contributed by atoms with Crippen LogP contribution in [-0.4, -0.2) is 103 Å². The van der Waals surface area contributed by atoms with Crippen LogP contribution in [0.15, 0.2) is 73.6 Å². The predicted octanol–water partition coefficient (Wildman–Crippen LogP) is 6.49. The summed E-state index contributed by atoms with van der Waals surface area (Å²) >= 11 is 0. The van der Waals surface area contributed by atoms with Crippen LogP contribution in [0.1, 0.15) is 76.3 Å². The molecule has 2 saturated heterocycles. The monoisotopic (exact) mass is 852 g/mol. The molecule has 2 aromatic carbocycles.